The molecule has 0 heterocycles. The first kappa shape index (κ1) is 14.8. The molecule has 0 unspecified atom stereocenters. The number of nitrogens with one attached hydrogen (secondary N) is 2. The molecule has 0 aromatic heterocycles. The number of ether oxygens (including phenoxy) is 1. The molecule has 1 amide bonds. The molecule has 0 saturated heterocycles. The van der Waals surface area contributed by atoms with Crippen molar-refractivity contribution in [2.75, 3.05) is 20.2 Å². The van der Waals surface area contributed by atoms with E-state index in [1.807, 2.05) is 26.0 Å². The van der Waals surface area contributed by atoms with Gasteiger partial charge in [-0.25, -0.2) is 0 Å². The number of halogens is 1. The molecule has 5 heteroatoms. The SMILES string of the molecule is CCOc1cc(C)c(CNC(=O)CNC)cc1Cl. The van der Waals surface area contributed by atoms with E-state index < -0.39 is 0 Å². The number of amides is 1. The van der Waals surface area contributed by atoms with E-state index in [0.29, 0.717) is 30.5 Å². The number of rotatable bonds is 6. The van der Waals surface area contributed by atoms with Crippen LogP contribution in [-0.2, 0) is 11.3 Å². The Morgan fingerprint density at radius 1 is 1.44 bits per heavy atom. The summed E-state index contributed by atoms with van der Waals surface area (Å²) in [4.78, 5) is 11.4. The third kappa shape index (κ3) is 4.20. The number of aryl methyl sites for hydroxylation is 1. The van der Waals surface area contributed by atoms with Crippen molar-refractivity contribution in [1.82, 2.24) is 10.6 Å². The smallest absolute Gasteiger partial charge is 0.234 e. The van der Waals surface area contributed by atoms with E-state index in [4.69, 9.17) is 16.3 Å². The van der Waals surface area contributed by atoms with E-state index in [2.05, 4.69) is 10.6 Å². The predicted molar refractivity (Wildman–Crippen MR) is 73.1 cm³/mol. The Morgan fingerprint density at radius 3 is 2.78 bits per heavy atom. The molecule has 0 aliphatic rings. The van der Waals surface area contributed by atoms with Crippen LogP contribution in [0.3, 0.4) is 0 Å². The highest BCUT2D eigenvalue weighted by atomic mass is 35.5. The average Bonchev–Trinajstić information content (AvgIpc) is 2.32. The Bertz CT molecular complexity index is 422. The van der Waals surface area contributed by atoms with Crippen LogP contribution in [0, 0.1) is 6.92 Å². The number of likely N-dealkylation sites (N-methyl/N-ethyl adjacent to an activating group) is 1. The van der Waals surface area contributed by atoms with Crippen LogP contribution in [0.5, 0.6) is 5.75 Å². The van der Waals surface area contributed by atoms with Gasteiger partial charge in [0.2, 0.25) is 5.91 Å². The lowest BCUT2D eigenvalue weighted by molar-refractivity contribution is -0.120. The summed E-state index contributed by atoms with van der Waals surface area (Å²) in [6, 6.07) is 3.73. The molecule has 1 aromatic carbocycles. The minimum Gasteiger partial charge on any atom is -0.492 e. The molecule has 100 valence electrons. The van der Waals surface area contributed by atoms with Crippen LogP contribution in [0.15, 0.2) is 12.1 Å². The first-order chi connectivity index (χ1) is 8.58. The normalized spacial score (nSPS) is 10.2. The summed E-state index contributed by atoms with van der Waals surface area (Å²) in [5, 5.41) is 6.19. The molecule has 0 bridgehead atoms. The Hall–Kier alpha value is -1.26. The van der Waals surface area contributed by atoms with Gasteiger partial charge in [-0.2, -0.15) is 0 Å². The van der Waals surface area contributed by atoms with Gasteiger partial charge >= 0.3 is 0 Å². The lowest BCUT2D eigenvalue weighted by Crippen LogP contribution is -2.31. The molecule has 1 rings (SSSR count). The van der Waals surface area contributed by atoms with Crippen LogP contribution >= 0.6 is 11.6 Å². The summed E-state index contributed by atoms with van der Waals surface area (Å²) >= 11 is 6.11. The molecular formula is C13H19ClN2O2. The molecular weight excluding hydrogens is 252 g/mol. The molecule has 0 fully saturated rings. The van der Waals surface area contributed by atoms with Crippen molar-refractivity contribution in [2.24, 2.45) is 0 Å². The molecule has 4 nitrogen and oxygen atoms in total. The number of hydrogen-bond donors (Lipinski definition) is 2. The van der Waals surface area contributed by atoms with Crippen molar-refractivity contribution in [3.8, 4) is 5.75 Å². The van der Waals surface area contributed by atoms with E-state index in [9.17, 15) is 4.79 Å². The van der Waals surface area contributed by atoms with Gasteiger partial charge in [0.1, 0.15) is 5.75 Å². The summed E-state index contributed by atoms with van der Waals surface area (Å²) in [5.74, 6) is 0.642. The maximum Gasteiger partial charge on any atom is 0.234 e. The lowest BCUT2D eigenvalue weighted by atomic mass is 10.1. The molecule has 1 aromatic rings. The van der Waals surface area contributed by atoms with Gasteiger partial charge in [-0.1, -0.05) is 11.6 Å². The zero-order valence-electron chi connectivity index (χ0n) is 11.0. The quantitative estimate of drug-likeness (QED) is 0.830. The van der Waals surface area contributed by atoms with Gasteiger partial charge in [-0.3, -0.25) is 4.79 Å². The Labute approximate surface area is 113 Å². The predicted octanol–water partition coefficient (Wildman–Crippen LogP) is 1.88. The summed E-state index contributed by atoms with van der Waals surface area (Å²) in [6.07, 6.45) is 0. The molecule has 0 saturated carbocycles. The molecule has 2 N–H and O–H groups in total. The summed E-state index contributed by atoms with van der Waals surface area (Å²) in [5.41, 5.74) is 2.04. The van der Waals surface area contributed by atoms with Crippen molar-refractivity contribution in [3.05, 3.63) is 28.3 Å². The second kappa shape index (κ2) is 7.24. The van der Waals surface area contributed by atoms with Gasteiger partial charge in [-0.05, 0) is 44.2 Å². The molecule has 0 aliphatic heterocycles. The molecule has 18 heavy (non-hydrogen) atoms. The fourth-order valence-corrected chi connectivity index (χ4v) is 1.81. The van der Waals surface area contributed by atoms with Crippen molar-refractivity contribution >= 4 is 17.5 Å². The van der Waals surface area contributed by atoms with Gasteiger partial charge in [0.15, 0.2) is 0 Å². The summed E-state index contributed by atoms with van der Waals surface area (Å²) in [7, 11) is 1.73. The van der Waals surface area contributed by atoms with Gasteiger partial charge < -0.3 is 15.4 Å². The van der Waals surface area contributed by atoms with E-state index in [1.165, 1.54) is 0 Å². The average molecular weight is 271 g/mol. The van der Waals surface area contributed by atoms with Gasteiger partial charge in [0, 0.05) is 6.54 Å². The summed E-state index contributed by atoms with van der Waals surface area (Å²) in [6.45, 7) is 5.25. The monoisotopic (exact) mass is 270 g/mol. The van der Waals surface area contributed by atoms with Gasteiger partial charge in [0.05, 0.1) is 18.2 Å². The van der Waals surface area contributed by atoms with Crippen LogP contribution in [-0.4, -0.2) is 26.1 Å². The second-order valence-corrected chi connectivity index (χ2v) is 4.36. The molecule has 0 atom stereocenters. The number of benzene rings is 1. The third-order valence-corrected chi connectivity index (χ3v) is 2.80. The first-order valence-corrected chi connectivity index (χ1v) is 6.29. The van der Waals surface area contributed by atoms with E-state index >= 15 is 0 Å². The number of carbonyl (C=O) groups excluding carboxylic acids is 1. The van der Waals surface area contributed by atoms with E-state index in [-0.39, 0.29) is 5.91 Å². The first-order valence-electron chi connectivity index (χ1n) is 5.91. The number of hydrogen-bond acceptors (Lipinski definition) is 3. The Balaban J connectivity index is 2.72. The second-order valence-electron chi connectivity index (χ2n) is 3.95. The van der Waals surface area contributed by atoms with Crippen molar-refractivity contribution in [2.45, 2.75) is 20.4 Å². The van der Waals surface area contributed by atoms with Crippen LogP contribution in [0.1, 0.15) is 18.1 Å². The van der Waals surface area contributed by atoms with Crippen LogP contribution in [0.25, 0.3) is 0 Å². The maximum absolute atomic E-state index is 11.4. The van der Waals surface area contributed by atoms with Crippen molar-refractivity contribution in [1.29, 1.82) is 0 Å². The minimum absolute atomic E-state index is 0.0399. The number of carbonyl (C=O) groups is 1. The zero-order chi connectivity index (χ0) is 13.5. The molecule has 0 radical (unpaired) electrons. The topological polar surface area (TPSA) is 50.4 Å². The Kier molecular flexibility index (Phi) is 5.95. The molecule has 0 spiro atoms. The largest absolute Gasteiger partial charge is 0.492 e. The zero-order valence-corrected chi connectivity index (χ0v) is 11.7. The van der Waals surface area contributed by atoms with E-state index in [1.54, 1.807) is 7.05 Å². The minimum atomic E-state index is -0.0399. The third-order valence-electron chi connectivity index (χ3n) is 2.50. The van der Waals surface area contributed by atoms with Gasteiger partial charge in [-0.15, -0.1) is 0 Å². The van der Waals surface area contributed by atoms with Crippen LogP contribution in [0.4, 0.5) is 0 Å². The highest BCUT2D eigenvalue weighted by Gasteiger charge is 2.08. The Morgan fingerprint density at radius 2 is 2.17 bits per heavy atom. The van der Waals surface area contributed by atoms with E-state index in [0.717, 1.165) is 11.1 Å². The van der Waals surface area contributed by atoms with Crippen LogP contribution in [0.2, 0.25) is 5.02 Å². The van der Waals surface area contributed by atoms with Crippen LogP contribution < -0.4 is 15.4 Å². The maximum atomic E-state index is 11.4. The fourth-order valence-electron chi connectivity index (χ4n) is 1.57. The highest BCUT2D eigenvalue weighted by Crippen LogP contribution is 2.28. The lowest BCUT2D eigenvalue weighted by Gasteiger charge is -2.12. The van der Waals surface area contributed by atoms with Crippen molar-refractivity contribution in [3.63, 3.8) is 0 Å². The van der Waals surface area contributed by atoms with Gasteiger partial charge in [0.25, 0.3) is 0 Å². The van der Waals surface area contributed by atoms with Crippen molar-refractivity contribution < 1.29 is 9.53 Å². The molecule has 0 aliphatic carbocycles. The summed E-state index contributed by atoms with van der Waals surface area (Å²) < 4.78 is 5.41. The highest BCUT2D eigenvalue weighted by molar-refractivity contribution is 6.32. The standard InChI is InChI=1S/C13H19ClN2O2/c1-4-18-12-5-9(2)10(6-11(12)14)7-16-13(17)8-15-3/h5-6,15H,4,7-8H2,1-3H3,(H,16,17). The fraction of sp³-hybridized carbons (Fsp3) is 0.462.